The highest BCUT2D eigenvalue weighted by molar-refractivity contribution is 7.08. The lowest BCUT2D eigenvalue weighted by atomic mass is 10.3. The molecule has 3 heterocycles. The van der Waals surface area contributed by atoms with Crippen molar-refractivity contribution in [2.24, 2.45) is 0 Å². The van der Waals surface area contributed by atoms with Crippen molar-refractivity contribution in [2.45, 2.75) is 6.10 Å². The van der Waals surface area contributed by atoms with Gasteiger partial charge in [-0.2, -0.15) is 16.3 Å². The minimum atomic E-state index is 0.00806. The van der Waals surface area contributed by atoms with Crippen LogP contribution < -0.4 is 4.90 Å². The van der Waals surface area contributed by atoms with Crippen LogP contribution in [0.5, 0.6) is 0 Å². The molecule has 22 heavy (non-hydrogen) atoms. The number of ether oxygens (including phenoxy) is 3. The number of rotatable bonds is 7. The molecule has 0 saturated carbocycles. The van der Waals surface area contributed by atoms with E-state index in [4.69, 9.17) is 18.7 Å². The first-order valence-corrected chi connectivity index (χ1v) is 8.10. The van der Waals surface area contributed by atoms with E-state index >= 15 is 0 Å². The van der Waals surface area contributed by atoms with Crippen molar-refractivity contribution >= 4 is 17.3 Å². The second-order valence-corrected chi connectivity index (χ2v) is 5.70. The molecule has 1 atom stereocenters. The smallest absolute Gasteiger partial charge is 0.266 e. The van der Waals surface area contributed by atoms with Crippen LogP contribution in [0.25, 0.3) is 11.5 Å². The number of thiophene rings is 1. The molecular formula is C14H19N3O4S. The van der Waals surface area contributed by atoms with Crippen LogP contribution in [0.2, 0.25) is 0 Å². The van der Waals surface area contributed by atoms with Crippen LogP contribution in [0.1, 0.15) is 0 Å². The van der Waals surface area contributed by atoms with Crippen LogP contribution in [0, 0.1) is 0 Å². The Morgan fingerprint density at radius 1 is 1.45 bits per heavy atom. The van der Waals surface area contributed by atoms with E-state index in [9.17, 15) is 0 Å². The third-order valence-corrected chi connectivity index (χ3v) is 4.02. The van der Waals surface area contributed by atoms with E-state index < -0.39 is 0 Å². The van der Waals surface area contributed by atoms with Gasteiger partial charge in [0.15, 0.2) is 0 Å². The van der Waals surface area contributed by atoms with Gasteiger partial charge in [-0.3, -0.25) is 0 Å². The van der Waals surface area contributed by atoms with Crippen molar-refractivity contribution in [3.63, 3.8) is 0 Å². The van der Waals surface area contributed by atoms with Crippen LogP contribution >= 0.6 is 11.3 Å². The molecule has 1 aliphatic heterocycles. The van der Waals surface area contributed by atoms with Crippen LogP contribution in [-0.4, -0.2) is 62.9 Å². The minimum absolute atomic E-state index is 0.00806. The molecule has 1 fully saturated rings. The summed E-state index contributed by atoms with van der Waals surface area (Å²) in [6.45, 7) is 3.76. The molecule has 0 aliphatic carbocycles. The Morgan fingerprint density at radius 2 is 2.41 bits per heavy atom. The second-order valence-electron chi connectivity index (χ2n) is 4.92. The van der Waals surface area contributed by atoms with Gasteiger partial charge in [0.25, 0.3) is 11.8 Å². The van der Waals surface area contributed by atoms with Gasteiger partial charge in [0.05, 0.1) is 38.1 Å². The molecule has 0 bridgehead atoms. The third kappa shape index (κ3) is 3.83. The number of hydrogen-bond donors (Lipinski definition) is 0. The Labute approximate surface area is 132 Å². The predicted molar refractivity (Wildman–Crippen MR) is 82.3 cm³/mol. The summed E-state index contributed by atoms with van der Waals surface area (Å²) in [6.07, 6.45) is 0.00806. The first-order valence-electron chi connectivity index (χ1n) is 7.16. The van der Waals surface area contributed by atoms with Crippen molar-refractivity contribution in [2.75, 3.05) is 51.5 Å². The molecule has 2 aromatic heterocycles. The zero-order valence-corrected chi connectivity index (χ0v) is 13.3. The number of aromatic nitrogens is 2. The molecule has 2 aromatic rings. The molecule has 1 saturated heterocycles. The van der Waals surface area contributed by atoms with E-state index in [2.05, 4.69) is 15.0 Å². The summed E-state index contributed by atoms with van der Waals surface area (Å²) in [5.41, 5.74) is 0.955. The quantitative estimate of drug-likeness (QED) is 0.717. The lowest BCUT2D eigenvalue weighted by Gasteiger charge is -2.31. The molecule has 0 spiro atoms. The van der Waals surface area contributed by atoms with E-state index in [-0.39, 0.29) is 6.10 Å². The van der Waals surface area contributed by atoms with Crippen molar-refractivity contribution in [1.82, 2.24) is 10.1 Å². The van der Waals surface area contributed by atoms with E-state index in [0.717, 1.165) is 12.1 Å². The average molecular weight is 325 g/mol. The van der Waals surface area contributed by atoms with Gasteiger partial charge in [0, 0.05) is 25.6 Å². The number of methoxy groups -OCH3 is 1. The maximum atomic E-state index is 5.70. The van der Waals surface area contributed by atoms with Crippen molar-refractivity contribution < 1.29 is 18.7 Å². The monoisotopic (exact) mass is 325 g/mol. The Morgan fingerprint density at radius 3 is 3.23 bits per heavy atom. The highest BCUT2D eigenvalue weighted by atomic mass is 32.1. The van der Waals surface area contributed by atoms with E-state index in [1.165, 1.54) is 0 Å². The first kappa shape index (κ1) is 15.4. The van der Waals surface area contributed by atoms with Gasteiger partial charge in [-0.1, -0.05) is 0 Å². The summed E-state index contributed by atoms with van der Waals surface area (Å²) in [7, 11) is 1.66. The molecule has 0 radical (unpaired) electrons. The van der Waals surface area contributed by atoms with Gasteiger partial charge in [0.2, 0.25) is 0 Å². The average Bonchev–Trinajstić information content (AvgIpc) is 3.22. The zero-order chi connectivity index (χ0) is 15.2. The Hall–Kier alpha value is -1.48. The van der Waals surface area contributed by atoms with Gasteiger partial charge >= 0.3 is 0 Å². The fourth-order valence-electron chi connectivity index (χ4n) is 2.21. The highest BCUT2D eigenvalue weighted by Crippen LogP contribution is 2.23. The van der Waals surface area contributed by atoms with Gasteiger partial charge in [-0.15, -0.1) is 0 Å². The molecule has 7 nitrogen and oxygen atoms in total. The number of morpholine rings is 1. The summed E-state index contributed by atoms with van der Waals surface area (Å²) < 4.78 is 21.5. The maximum absolute atomic E-state index is 5.70. The topological polar surface area (TPSA) is 69.9 Å². The van der Waals surface area contributed by atoms with Crippen LogP contribution in [-0.2, 0) is 14.2 Å². The van der Waals surface area contributed by atoms with Gasteiger partial charge in [0.1, 0.15) is 0 Å². The second kappa shape index (κ2) is 7.68. The van der Waals surface area contributed by atoms with Gasteiger partial charge in [-0.05, 0) is 16.6 Å². The molecule has 120 valence electrons. The van der Waals surface area contributed by atoms with Gasteiger partial charge in [-0.25, -0.2) is 0 Å². The molecular weight excluding hydrogens is 306 g/mol. The van der Waals surface area contributed by atoms with Crippen LogP contribution in [0.3, 0.4) is 0 Å². The molecule has 8 heteroatoms. The standard InChI is InChI=1S/C14H19N3O4S/c1-18-5-6-19-9-12-8-17(3-4-20-12)14-15-13(21-16-14)11-2-7-22-10-11/h2,7,10,12H,3-6,8-9H2,1H3. The summed E-state index contributed by atoms with van der Waals surface area (Å²) in [5.74, 6) is 1.15. The van der Waals surface area contributed by atoms with Crippen molar-refractivity contribution in [3.8, 4) is 11.5 Å². The zero-order valence-electron chi connectivity index (χ0n) is 12.4. The number of nitrogens with zero attached hydrogens (tertiary/aromatic N) is 3. The molecule has 1 unspecified atom stereocenters. The first-order chi connectivity index (χ1) is 10.9. The Kier molecular flexibility index (Phi) is 5.38. The molecule has 0 amide bonds. The van der Waals surface area contributed by atoms with E-state index in [1.54, 1.807) is 18.4 Å². The Bertz CT molecular complexity index is 560. The largest absolute Gasteiger partial charge is 0.382 e. The minimum Gasteiger partial charge on any atom is -0.382 e. The van der Waals surface area contributed by atoms with Crippen molar-refractivity contribution in [3.05, 3.63) is 16.8 Å². The summed E-state index contributed by atoms with van der Waals surface area (Å²) in [4.78, 5) is 6.52. The highest BCUT2D eigenvalue weighted by Gasteiger charge is 2.24. The number of hydrogen-bond acceptors (Lipinski definition) is 8. The lowest BCUT2D eigenvalue weighted by molar-refractivity contribution is -0.0332. The lowest BCUT2D eigenvalue weighted by Crippen LogP contribution is -2.45. The summed E-state index contributed by atoms with van der Waals surface area (Å²) in [6, 6.07) is 1.97. The predicted octanol–water partition coefficient (Wildman–Crippen LogP) is 1.67. The summed E-state index contributed by atoms with van der Waals surface area (Å²) in [5, 5.41) is 8.04. The van der Waals surface area contributed by atoms with Crippen LogP contribution in [0.15, 0.2) is 21.3 Å². The number of anilines is 1. The fraction of sp³-hybridized carbons (Fsp3) is 0.571. The molecule has 0 N–H and O–H groups in total. The SMILES string of the molecule is COCCOCC1CN(c2noc(-c3ccsc3)n2)CCO1. The van der Waals surface area contributed by atoms with E-state index in [0.29, 0.717) is 44.8 Å². The fourth-order valence-corrected chi connectivity index (χ4v) is 2.84. The van der Waals surface area contributed by atoms with Crippen molar-refractivity contribution in [1.29, 1.82) is 0 Å². The third-order valence-electron chi connectivity index (χ3n) is 3.34. The molecule has 3 rings (SSSR count). The molecule has 1 aliphatic rings. The van der Waals surface area contributed by atoms with Gasteiger partial charge < -0.3 is 23.6 Å². The summed E-state index contributed by atoms with van der Waals surface area (Å²) >= 11 is 1.60. The normalized spacial score (nSPS) is 18.8. The Balaban J connectivity index is 1.55. The van der Waals surface area contributed by atoms with E-state index in [1.807, 2.05) is 16.8 Å². The molecule has 0 aromatic carbocycles. The maximum Gasteiger partial charge on any atom is 0.266 e. The van der Waals surface area contributed by atoms with Crippen LogP contribution in [0.4, 0.5) is 5.95 Å².